The highest BCUT2D eigenvalue weighted by Crippen LogP contribution is 2.08. The lowest BCUT2D eigenvalue weighted by Gasteiger charge is -2.10. The van der Waals surface area contributed by atoms with Gasteiger partial charge in [0.25, 0.3) is 0 Å². The molecule has 0 spiro atoms. The van der Waals surface area contributed by atoms with Crippen LogP contribution in [0.15, 0.2) is 24.3 Å². The summed E-state index contributed by atoms with van der Waals surface area (Å²) in [4.78, 5) is 11.6. The number of hydrogen-bond acceptors (Lipinski definition) is 1. The van der Waals surface area contributed by atoms with Crippen molar-refractivity contribution < 1.29 is 4.79 Å². The molecular weight excluding hydrogens is 198 g/mol. The third kappa shape index (κ3) is 4.05. The van der Waals surface area contributed by atoms with Gasteiger partial charge in [-0.15, -0.1) is 0 Å². The molecule has 1 radical (unpaired) electrons. The highest BCUT2D eigenvalue weighted by atomic mass is 16.1. The lowest BCUT2D eigenvalue weighted by Crippen LogP contribution is -2.25. The monoisotopic (exact) mass is 218 g/mol. The van der Waals surface area contributed by atoms with Crippen LogP contribution < -0.4 is 5.32 Å². The van der Waals surface area contributed by atoms with Crippen molar-refractivity contribution in [2.75, 3.05) is 0 Å². The fourth-order valence-corrected chi connectivity index (χ4v) is 1.39. The molecule has 1 aromatic carbocycles. The van der Waals surface area contributed by atoms with E-state index in [4.69, 9.17) is 0 Å². The predicted molar refractivity (Wildman–Crippen MR) is 66.8 cm³/mol. The van der Waals surface area contributed by atoms with Crippen LogP contribution in [0, 0.1) is 19.4 Å². The Morgan fingerprint density at radius 1 is 1.44 bits per heavy atom. The quantitative estimate of drug-likeness (QED) is 0.809. The molecule has 0 aromatic heterocycles. The standard InChI is InChI=1S/C14H20NO/c1-4-11(2)10-15-14(16)9-13-8-6-5-7-12(13)3/h5-8,10-11H,4,9H2,1-3H3,(H,15,16). The number of carbonyl (C=O) groups is 1. The molecular formula is C14H20NO. The zero-order valence-electron chi connectivity index (χ0n) is 10.3. The molecule has 0 saturated carbocycles. The third-order valence-corrected chi connectivity index (χ3v) is 2.79. The minimum Gasteiger partial charge on any atom is -0.351 e. The largest absolute Gasteiger partial charge is 0.351 e. The molecule has 0 aliphatic heterocycles. The van der Waals surface area contributed by atoms with Crippen molar-refractivity contribution in [3.63, 3.8) is 0 Å². The van der Waals surface area contributed by atoms with Crippen LogP contribution in [0.3, 0.4) is 0 Å². The molecule has 0 bridgehead atoms. The van der Waals surface area contributed by atoms with Crippen LogP contribution in [-0.4, -0.2) is 5.91 Å². The molecule has 1 amide bonds. The van der Waals surface area contributed by atoms with Gasteiger partial charge in [-0.25, -0.2) is 0 Å². The number of aryl methyl sites for hydroxylation is 1. The molecule has 1 N–H and O–H groups in total. The van der Waals surface area contributed by atoms with Crippen LogP contribution in [-0.2, 0) is 11.2 Å². The van der Waals surface area contributed by atoms with E-state index in [1.807, 2.05) is 37.7 Å². The van der Waals surface area contributed by atoms with Gasteiger partial charge in [0.05, 0.1) is 13.0 Å². The molecule has 1 unspecified atom stereocenters. The Labute approximate surface area is 98.1 Å². The molecule has 87 valence electrons. The second kappa shape index (κ2) is 6.31. The third-order valence-electron chi connectivity index (χ3n) is 2.79. The molecule has 16 heavy (non-hydrogen) atoms. The first kappa shape index (κ1) is 12.8. The minimum atomic E-state index is 0.0644. The van der Waals surface area contributed by atoms with Crippen molar-refractivity contribution in [1.29, 1.82) is 0 Å². The van der Waals surface area contributed by atoms with Gasteiger partial charge in [0.15, 0.2) is 0 Å². The first-order chi connectivity index (χ1) is 7.63. The second-order valence-electron chi connectivity index (χ2n) is 4.22. The molecule has 1 aromatic rings. The van der Waals surface area contributed by atoms with Crippen molar-refractivity contribution in [2.45, 2.75) is 33.6 Å². The molecule has 0 saturated heterocycles. The van der Waals surface area contributed by atoms with Gasteiger partial charge in [-0.3, -0.25) is 4.79 Å². The van der Waals surface area contributed by atoms with E-state index in [0.717, 1.165) is 12.0 Å². The Kier molecular flexibility index (Phi) is 5.03. The minimum absolute atomic E-state index is 0.0644. The first-order valence-electron chi connectivity index (χ1n) is 5.80. The van der Waals surface area contributed by atoms with E-state index in [2.05, 4.69) is 19.2 Å². The van der Waals surface area contributed by atoms with Gasteiger partial charge in [-0.2, -0.15) is 0 Å². The molecule has 0 fully saturated rings. The van der Waals surface area contributed by atoms with Gasteiger partial charge in [0, 0.05) is 0 Å². The van der Waals surface area contributed by atoms with E-state index in [-0.39, 0.29) is 5.91 Å². The maximum absolute atomic E-state index is 11.6. The Morgan fingerprint density at radius 3 is 2.75 bits per heavy atom. The number of rotatable bonds is 5. The average Bonchev–Trinajstić information content (AvgIpc) is 2.29. The summed E-state index contributed by atoms with van der Waals surface area (Å²) in [5.41, 5.74) is 2.26. The van der Waals surface area contributed by atoms with Gasteiger partial charge < -0.3 is 5.32 Å². The summed E-state index contributed by atoms with van der Waals surface area (Å²) in [5.74, 6) is 0.496. The van der Waals surface area contributed by atoms with Crippen LogP contribution in [0.5, 0.6) is 0 Å². The van der Waals surface area contributed by atoms with Gasteiger partial charge in [0.2, 0.25) is 5.91 Å². The van der Waals surface area contributed by atoms with Crippen LogP contribution in [0.25, 0.3) is 0 Å². The summed E-state index contributed by atoms with van der Waals surface area (Å²) < 4.78 is 0. The second-order valence-corrected chi connectivity index (χ2v) is 4.22. The fraction of sp³-hybridized carbons (Fsp3) is 0.429. The molecule has 0 aliphatic rings. The van der Waals surface area contributed by atoms with Gasteiger partial charge in [-0.05, 0) is 24.0 Å². The molecule has 2 heteroatoms. The summed E-state index contributed by atoms with van der Waals surface area (Å²) in [6, 6.07) is 7.98. The lowest BCUT2D eigenvalue weighted by molar-refractivity contribution is -0.120. The molecule has 0 aliphatic carbocycles. The summed E-state index contributed by atoms with van der Waals surface area (Å²) in [6.45, 7) is 8.10. The van der Waals surface area contributed by atoms with E-state index in [1.54, 1.807) is 0 Å². The smallest absolute Gasteiger partial charge is 0.224 e. The topological polar surface area (TPSA) is 29.1 Å². The zero-order valence-corrected chi connectivity index (χ0v) is 10.3. The van der Waals surface area contributed by atoms with Crippen LogP contribution in [0.4, 0.5) is 0 Å². The molecule has 1 rings (SSSR count). The van der Waals surface area contributed by atoms with E-state index in [1.165, 1.54) is 5.56 Å². The molecule has 1 atom stereocenters. The van der Waals surface area contributed by atoms with Crippen molar-refractivity contribution >= 4 is 5.91 Å². The van der Waals surface area contributed by atoms with Crippen LogP contribution >= 0.6 is 0 Å². The Hall–Kier alpha value is -1.31. The summed E-state index contributed by atoms with van der Waals surface area (Å²) in [6.07, 6.45) is 1.50. The van der Waals surface area contributed by atoms with E-state index in [9.17, 15) is 4.79 Å². The number of carbonyl (C=O) groups excluding carboxylic acids is 1. The van der Waals surface area contributed by atoms with Gasteiger partial charge in [-0.1, -0.05) is 44.5 Å². The van der Waals surface area contributed by atoms with E-state index < -0.39 is 0 Å². The normalized spacial score (nSPS) is 12.2. The number of nitrogens with one attached hydrogen (secondary N) is 1. The van der Waals surface area contributed by atoms with Crippen molar-refractivity contribution in [3.05, 3.63) is 41.9 Å². The van der Waals surface area contributed by atoms with E-state index in [0.29, 0.717) is 12.3 Å². The highest BCUT2D eigenvalue weighted by Gasteiger charge is 2.06. The Morgan fingerprint density at radius 2 is 2.12 bits per heavy atom. The number of benzene rings is 1. The number of hydrogen-bond donors (Lipinski definition) is 1. The van der Waals surface area contributed by atoms with Crippen molar-refractivity contribution in [2.24, 2.45) is 5.92 Å². The maximum atomic E-state index is 11.6. The van der Waals surface area contributed by atoms with Gasteiger partial charge >= 0.3 is 0 Å². The summed E-state index contributed by atoms with van der Waals surface area (Å²) in [5, 5.41) is 2.85. The average molecular weight is 218 g/mol. The molecule has 2 nitrogen and oxygen atoms in total. The summed E-state index contributed by atoms with van der Waals surface area (Å²) in [7, 11) is 0. The zero-order chi connectivity index (χ0) is 12.0. The van der Waals surface area contributed by atoms with Gasteiger partial charge in [0.1, 0.15) is 0 Å². The van der Waals surface area contributed by atoms with Crippen LogP contribution in [0.2, 0.25) is 0 Å². The Bertz CT molecular complexity index is 346. The molecule has 0 heterocycles. The van der Waals surface area contributed by atoms with Crippen molar-refractivity contribution in [3.8, 4) is 0 Å². The fourth-order valence-electron chi connectivity index (χ4n) is 1.39. The lowest BCUT2D eigenvalue weighted by atomic mass is 10.1. The van der Waals surface area contributed by atoms with Crippen LogP contribution in [0.1, 0.15) is 31.4 Å². The Balaban J connectivity index is 2.43. The summed E-state index contributed by atoms with van der Waals surface area (Å²) >= 11 is 0. The number of amides is 1. The highest BCUT2D eigenvalue weighted by molar-refractivity contribution is 5.79. The first-order valence-corrected chi connectivity index (χ1v) is 5.80. The van der Waals surface area contributed by atoms with Crippen molar-refractivity contribution in [1.82, 2.24) is 5.32 Å². The maximum Gasteiger partial charge on any atom is 0.224 e. The SMILES string of the molecule is CCC(C)[CH]NC(=O)Cc1ccccc1C. The van der Waals surface area contributed by atoms with E-state index >= 15 is 0 Å². The predicted octanol–water partition coefficient (Wildman–Crippen LogP) is 2.86.